The monoisotopic (exact) mass is 243 g/mol. The molecular formula is C13H17N5. The summed E-state index contributed by atoms with van der Waals surface area (Å²) in [7, 11) is 0. The summed E-state index contributed by atoms with van der Waals surface area (Å²) in [5.41, 5.74) is 8.73. The van der Waals surface area contributed by atoms with Gasteiger partial charge in [0, 0.05) is 24.0 Å². The lowest BCUT2D eigenvalue weighted by Crippen LogP contribution is -2.30. The Morgan fingerprint density at radius 3 is 2.89 bits per heavy atom. The number of hydrogen-bond donors (Lipinski definition) is 1. The highest BCUT2D eigenvalue weighted by atomic mass is 15.3. The lowest BCUT2D eigenvalue weighted by Gasteiger charge is -2.33. The maximum absolute atomic E-state index is 6.22. The summed E-state index contributed by atoms with van der Waals surface area (Å²) in [6.07, 6.45) is 8.88. The first kappa shape index (κ1) is 11.3. The Morgan fingerprint density at radius 1 is 1.33 bits per heavy atom. The predicted molar refractivity (Wildman–Crippen MR) is 68.2 cm³/mol. The average Bonchev–Trinajstić information content (AvgIpc) is 2.72. The molecule has 3 rings (SSSR count). The van der Waals surface area contributed by atoms with Crippen LogP contribution in [0, 0.1) is 5.41 Å². The predicted octanol–water partition coefficient (Wildman–Crippen LogP) is 1.63. The Balaban J connectivity index is 2.10. The van der Waals surface area contributed by atoms with Gasteiger partial charge < -0.3 is 5.73 Å². The van der Waals surface area contributed by atoms with Crippen molar-refractivity contribution in [3.8, 4) is 5.82 Å². The van der Waals surface area contributed by atoms with E-state index in [1.807, 2.05) is 10.9 Å². The Hall–Kier alpha value is -1.75. The van der Waals surface area contributed by atoms with Gasteiger partial charge in [0.15, 0.2) is 5.82 Å². The molecule has 1 aliphatic carbocycles. The van der Waals surface area contributed by atoms with Crippen molar-refractivity contribution in [2.75, 3.05) is 0 Å². The third kappa shape index (κ3) is 1.80. The molecule has 1 atom stereocenters. The molecular weight excluding hydrogens is 226 g/mol. The van der Waals surface area contributed by atoms with E-state index >= 15 is 0 Å². The largest absolute Gasteiger partial charge is 0.324 e. The molecule has 0 amide bonds. The second kappa shape index (κ2) is 3.88. The molecule has 2 aromatic heterocycles. The molecule has 0 aliphatic heterocycles. The van der Waals surface area contributed by atoms with Crippen molar-refractivity contribution in [1.82, 2.24) is 19.7 Å². The van der Waals surface area contributed by atoms with Gasteiger partial charge in [0.05, 0.1) is 18.1 Å². The maximum atomic E-state index is 6.22. The van der Waals surface area contributed by atoms with Crippen LogP contribution in [0.3, 0.4) is 0 Å². The molecule has 1 unspecified atom stereocenters. The van der Waals surface area contributed by atoms with E-state index in [0.717, 1.165) is 24.2 Å². The van der Waals surface area contributed by atoms with Gasteiger partial charge in [0.1, 0.15) is 0 Å². The third-order valence-corrected chi connectivity index (χ3v) is 3.49. The normalized spacial score (nSPS) is 21.6. The minimum absolute atomic E-state index is 0.0640. The van der Waals surface area contributed by atoms with Crippen LogP contribution in [-0.4, -0.2) is 19.7 Å². The highest BCUT2D eigenvalue weighted by Crippen LogP contribution is 2.39. The summed E-state index contributed by atoms with van der Waals surface area (Å²) in [4.78, 5) is 8.39. The van der Waals surface area contributed by atoms with Gasteiger partial charge in [-0.2, -0.15) is 5.10 Å². The van der Waals surface area contributed by atoms with Crippen LogP contribution in [0.15, 0.2) is 24.8 Å². The summed E-state index contributed by atoms with van der Waals surface area (Å²) in [6, 6.07) is 0.0640. The van der Waals surface area contributed by atoms with Gasteiger partial charge in [-0.05, 0) is 18.3 Å². The zero-order chi connectivity index (χ0) is 12.8. The van der Waals surface area contributed by atoms with E-state index in [1.54, 1.807) is 18.6 Å². The SMILES string of the molecule is CC1(C)Cc2c(cnn2-c2cnccn2)C(N)C1. The van der Waals surface area contributed by atoms with Crippen LogP contribution < -0.4 is 5.73 Å². The number of aromatic nitrogens is 4. The summed E-state index contributed by atoms with van der Waals surface area (Å²) in [5.74, 6) is 0.753. The second-order valence-corrected chi connectivity index (χ2v) is 5.67. The Morgan fingerprint density at radius 2 is 2.17 bits per heavy atom. The van der Waals surface area contributed by atoms with E-state index in [1.165, 1.54) is 5.69 Å². The quantitative estimate of drug-likeness (QED) is 0.826. The Bertz CT molecular complexity index is 558. The highest BCUT2D eigenvalue weighted by molar-refractivity contribution is 5.32. The minimum atomic E-state index is 0.0640. The van der Waals surface area contributed by atoms with E-state index in [0.29, 0.717) is 0 Å². The van der Waals surface area contributed by atoms with Crippen LogP contribution in [0.5, 0.6) is 0 Å². The molecule has 0 spiro atoms. The topological polar surface area (TPSA) is 69.6 Å². The molecule has 1 aliphatic rings. The van der Waals surface area contributed by atoms with Crippen LogP contribution in [0.1, 0.15) is 37.6 Å². The molecule has 0 saturated carbocycles. The number of nitrogens with zero attached hydrogens (tertiary/aromatic N) is 4. The number of hydrogen-bond acceptors (Lipinski definition) is 4. The van der Waals surface area contributed by atoms with Crippen LogP contribution >= 0.6 is 0 Å². The Labute approximate surface area is 106 Å². The lowest BCUT2D eigenvalue weighted by molar-refractivity contribution is 0.277. The van der Waals surface area contributed by atoms with Crippen molar-refractivity contribution in [3.05, 3.63) is 36.0 Å². The third-order valence-electron chi connectivity index (χ3n) is 3.49. The summed E-state index contributed by atoms with van der Waals surface area (Å²) < 4.78 is 1.86. The fourth-order valence-electron chi connectivity index (χ4n) is 2.70. The van der Waals surface area contributed by atoms with Crippen molar-refractivity contribution >= 4 is 0 Å². The zero-order valence-corrected chi connectivity index (χ0v) is 10.7. The summed E-state index contributed by atoms with van der Waals surface area (Å²) in [5, 5.41) is 4.42. The standard InChI is InChI=1S/C13H17N5/c1-13(2)5-10(14)9-7-17-18(11(9)6-13)12-8-15-3-4-16-12/h3-4,7-8,10H,5-6,14H2,1-2H3. The van der Waals surface area contributed by atoms with Crippen molar-refractivity contribution in [3.63, 3.8) is 0 Å². The molecule has 5 heteroatoms. The molecule has 94 valence electrons. The smallest absolute Gasteiger partial charge is 0.172 e. The number of fused-ring (bicyclic) bond motifs is 1. The van der Waals surface area contributed by atoms with Crippen LogP contribution in [-0.2, 0) is 6.42 Å². The van der Waals surface area contributed by atoms with Gasteiger partial charge in [-0.3, -0.25) is 4.98 Å². The Kier molecular flexibility index (Phi) is 2.45. The van der Waals surface area contributed by atoms with Crippen molar-refractivity contribution in [2.45, 2.75) is 32.7 Å². The first-order valence-electron chi connectivity index (χ1n) is 6.16. The van der Waals surface area contributed by atoms with Crippen molar-refractivity contribution < 1.29 is 0 Å². The van der Waals surface area contributed by atoms with E-state index in [2.05, 4.69) is 28.9 Å². The fourth-order valence-corrected chi connectivity index (χ4v) is 2.70. The van der Waals surface area contributed by atoms with Gasteiger partial charge >= 0.3 is 0 Å². The first-order chi connectivity index (χ1) is 8.57. The summed E-state index contributed by atoms with van der Waals surface area (Å²) in [6.45, 7) is 4.48. The van der Waals surface area contributed by atoms with E-state index in [4.69, 9.17) is 5.73 Å². The fraction of sp³-hybridized carbons (Fsp3) is 0.462. The molecule has 0 bridgehead atoms. The molecule has 2 aromatic rings. The molecule has 5 nitrogen and oxygen atoms in total. The number of nitrogens with two attached hydrogens (primary N) is 1. The molecule has 2 N–H and O–H groups in total. The van der Waals surface area contributed by atoms with Crippen LogP contribution in [0.4, 0.5) is 0 Å². The van der Waals surface area contributed by atoms with E-state index in [-0.39, 0.29) is 11.5 Å². The van der Waals surface area contributed by atoms with Crippen LogP contribution in [0.25, 0.3) is 5.82 Å². The lowest BCUT2D eigenvalue weighted by atomic mass is 9.75. The summed E-state index contributed by atoms with van der Waals surface area (Å²) >= 11 is 0. The van der Waals surface area contributed by atoms with Crippen molar-refractivity contribution in [2.24, 2.45) is 11.1 Å². The van der Waals surface area contributed by atoms with E-state index < -0.39 is 0 Å². The molecule has 2 heterocycles. The van der Waals surface area contributed by atoms with Gasteiger partial charge in [0.25, 0.3) is 0 Å². The molecule has 18 heavy (non-hydrogen) atoms. The molecule has 0 radical (unpaired) electrons. The van der Waals surface area contributed by atoms with E-state index in [9.17, 15) is 0 Å². The molecule has 0 saturated heterocycles. The van der Waals surface area contributed by atoms with Gasteiger partial charge in [-0.1, -0.05) is 13.8 Å². The highest BCUT2D eigenvalue weighted by Gasteiger charge is 2.33. The van der Waals surface area contributed by atoms with Gasteiger partial charge in [-0.15, -0.1) is 0 Å². The molecule has 0 fully saturated rings. The van der Waals surface area contributed by atoms with Gasteiger partial charge in [-0.25, -0.2) is 9.67 Å². The zero-order valence-electron chi connectivity index (χ0n) is 10.7. The number of rotatable bonds is 1. The van der Waals surface area contributed by atoms with Gasteiger partial charge in [0.2, 0.25) is 0 Å². The average molecular weight is 243 g/mol. The second-order valence-electron chi connectivity index (χ2n) is 5.67. The first-order valence-corrected chi connectivity index (χ1v) is 6.16. The van der Waals surface area contributed by atoms with Crippen molar-refractivity contribution in [1.29, 1.82) is 0 Å². The maximum Gasteiger partial charge on any atom is 0.172 e. The molecule has 0 aromatic carbocycles. The van der Waals surface area contributed by atoms with Crippen LogP contribution in [0.2, 0.25) is 0 Å². The minimum Gasteiger partial charge on any atom is -0.324 e.